The van der Waals surface area contributed by atoms with Gasteiger partial charge in [-0.3, -0.25) is 14.7 Å². The van der Waals surface area contributed by atoms with Crippen molar-refractivity contribution in [2.45, 2.75) is 71.7 Å². The van der Waals surface area contributed by atoms with Crippen LogP contribution in [-0.2, 0) is 29.1 Å². The van der Waals surface area contributed by atoms with Crippen LogP contribution >= 0.6 is 0 Å². The quantitative estimate of drug-likeness (QED) is 0.339. The molecule has 4 rings (SSSR count). The Morgan fingerprint density at radius 1 is 0.923 bits per heavy atom. The summed E-state index contributed by atoms with van der Waals surface area (Å²) in [6, 6.07) is 16.2. The first-order chi connectivity index (χ1) is 18.5. The van der Waals surface area contributed by atoms with Gasteiger partial charge in [0.05, 0.1) is 6.54 Å². The van der Waals surface area contributed by atoms with Crippen LogP contribution in [0.4, 0.5) is 4.79 Å². The zero-order chi connectivity index (χ0) is 28.2. The number of urea groups is 1. The number of aromatic nitrogens is 1. The van der Waals surface area contributed by atoms with E-state index in [2.05, 4.69) is 4.98 Å². The number of pyridine rings is 1. The van der Waals surface area contributed by atoms with Crippen LogP contribution in [0.1, 0.15) is 54.5 Å². The standard InChI is InChI=1S/C31H35N3O5/c1-21-8-9-25(18-22(21)2)20-34-28(35)27(33(30(34)38)19-24-14-16-32-17-15-24)7-5-6-23-10-12-26(13-11-23)39-31(3,4)29(36)37/h8-18,27H,5-7,19-20H2,1-4H3,(H,36,37). The summed E-state index contributed by atoms with van der Waals surface area (Å²) in [6.45, 7) is 7.66. The zero-order valence-electron chi connectivity index (χ0n) is 22.9. The number of rotatable bonds is 11. The third kappa shape index (κ3) is 6.63. The van der Waals surface area contributed by atoms with Crippen molar-refractivity contribution in [1.82, 2.24) is 14.8 Å². The molecule has 3 amide bonds. The highest BCUT2D eigenvalue weighted by Crippen LogP contribution is 2.27. The van der Waals surface area contributed by atoms with Crippen LogP contribution < -0.4 is 4.74 Å². The van der Waals surface area contributed by atoms with Crippen molar-refractivity contribution in [3.63, 3.8) is 0 Å². The normalized spacial score (nSPS) is 15.6. The summed E-state index contributed by atoms with van der Waals surface area (Å²) >= 11 is 0. The lowest BCUT2D eigenvalue weighted by Crippen LogP contribution is -2.37. The van der Waals surface area contributed by atoms with E-state index >= 15 is 0 Å². The van der Waals surface area contributed by atoms with Gasteiger partial charge >= 0.3 is 12.0 Å². The summed E-state index contributed by atoms with van der Waals surface area (Å²) in [6.07, 6.45) is 5.31. The highest BCUT2D eigenvalue weighted by molar-refractivity contribution is 6.04. The van der Waals surface area contributed by atoms with E-state index in [1.807, 2.05) is 56.3 Å². The maximum atomic E-state index is 13.5. The molecule has 0 spiro atoms. The Bertz CT molecular complexity index is 1340. The summed E-state index contributed by atoms with van der Waals surface area (Å²) in [4.78, 5) is 45.4. The minimum Gasteiger partial charge on any atom is -0.478 e. The number of carboxylic acid groups (broad SMARTS) is 1. The Morgan fingerprint density at radius 2 is 1.59 bits per heavy atom. The van der Waals surface area contributed by atoms with Gasteiger partial charge in [-0.2, -0.15) is 0 Å². The van der Waals surface area contributed by atoms with Gasteiger partial charge in [0.25, 0.3) is 5.91 Å². The van der Waals surface area contributed by atoms with Gasteiger partial charge in [0.1, 0.15) is 11.8 Å². The molecule has 204 valence electrons. The predicted molar refractivity (Wildman–Crippen MR) is 147 cm³/mol. The van der Waals surface area contributed by atoms with E-state index < -0.39 is 17.6 Å². The monoisotopic (exact) mass is 529 g/mol. The van der Waals surface area contributed by atoms with Gasteiger partial charge in [-0.25, -0.2) is 9.59 Å². The molecule has 1 N–H and O–H groups in total. The molecule has 0 aliphatic carbocycles. The maximum Gasteiger partial charge on any atom is 0.347 e. The highest BCUT2D eigenvalue weighted by Gasteiger charge is 2.44. The number of hydrogen-bond donors (Lipinski definition) is 1. The van der Waals surface area contributed by atoms with Gasteiger partial charge in [0.15, 0.2) is 5.60 Å². The van der Waals surface area contributed by atoms with Crippen molar-refractivity contribution < 1.29 is 24.2 Å². The summed E-state index contributed by atoms with van der Waals surface area (Å²) in [5.41, 5.74) is 3.86. The molecule has 0 bridgehead atoms. The SMILES string of the molecule is Cc1ccc(CN2C(=O)C(CCCc3ccc(OC(C)(C)C(=O)O)cc3)N(Cc3ccncc3)C2=O)cc1C. The van der Waals surface area contributed by atoms with Crippen LogP contribution in [0, 0.1) is 13.8 Å². The number of aliphatic carboxylic acids is 1. The molecule has 8 heteroatoms. The number of amides is 3. The van der Waals surface area contributed by atoms with Gasteiger partial charge in [0, 0.05) is 18.9 Å². The molecule has 1 aromatic heterocycles. The van der Waals surface area contributed by atoms with Crippen molar-refractivity contribution in [1.29, 1.82) is 0 Å². The predicted octanol–water partition coefficient (Wildman–Crippen LogP) is 5.30. The molecule has 2 heterocycles. The van der Waals surface area contributed by atoms with E-state index in [1.54, 1.807) is 29.4 Å². The number of nitrogens with zero attached hydrogens (tertiary/aromatic N) is 3. The number of carboxylic acids is 1. The van der Waals surface area contributed by atoms with Crippen LogP contribution in [0.15, 0.2) is 67.0 Å². The summed E-state index contributed by atoms with van der Waals surface area (Å²) in [7, 11) is 0. The molecule has 1 unspecified atom stereocenters. The van der Waals surface area contributed by atoms with Crippen molar-refractivity contribution in [2.24, 2.45) is 0 Å². The van der Waals surface area contributed by atoms with E-state index in [4.69, 9.17) is 4.74 Å². The summed E-state index contributed by atoms with van der Waals surface area (Å²) in [5.74, 6) is -0.731. The molecule has 2 aromatic carbocycles. The van der Waals surface area contributed by atoms with Crippen LogP contribution in [-0.4, -0.2) is 49.4 Å². The number of carbonyl (C=O) groups excluding carboxylic acids is 2. The van der Waals surface area contributed by atoms with E-state index in [9.17, 15) is 19.5 Å². The fourth-order valence-corrected chi connectivity index (χ4v) is 4.63. The number of ether oxygens (including phenoxy) is 1. The Balaban J connectivity index is 1.44. The Labute approximate surface area is 229 Å². The molecule has 1 aliphatic heterocycles. The maximum absolute atomic E-state index is 13.5. The topological polar surface area (TPSA) is 100 Å². The van der Waals surface area contributed by atoms with Crippen LogP contribution in [0.3, 0.4) is 0 Å². The Morgan fingerprint density at radius 3 is 2.23 bits per heavy atom. The fourth-order valence-electron chi connectivity index (χ4n) is 4.63. The van der Waals surface area contributed by atoms with Crippen LogP contribution in [0.2, 0.25) is 0 Å². The van der Waals surface area contributed by atoms with Crippen molar-refractivity contribution >= 4 is 17.9 Å². The average Bonchev–Trinajstić information content (AvgIpc) is 3.11. The van der Waals surface area contributed by atoms with E-state index in [-0.39, 0.29) is 18.5 Å². The average molecular weight is 530 g/mol. The molecule has 3 aromatic rings. The number of imide groups is 1. The lowest BCUT2D eigenvalue weighted by molar-refractivity contribution is -0.152. The molecule has 1 aliphatic rings. The van der Waals surface area contributed by atoms with Gasteiger partial charge < -0.3 is 14.7 Å². The second-order valence-corrected chi connectivity index (χ2v) is 10.6. The number of benzene rings is 2. The zero-order valence-corrected chi connectivity index (χ0v) is 22.9. The summed E-state index contributed by atoms with van der Waals surface area (Å²) in [5, 5.41) is 9.27. The molecule has 1 saturated heterocycles. The van der Waals surface area contributed by atoms with Crippen molar-refractivity contribution in [3.05, 3.63) is 94.8 Å². The van der Waals surface area contributed by atoms with E-state index in [0.29, 0.717) is 31.6 Å². The molecular weight excluding hydrogens is 494 g/mol. The van der Waals surface area contributed by atoms with Crippen molar-refractivity contribution in [2.75, 3.05) is 0 Å². The Hall–Kier alpha value is -4.20. The lowest BCUT2D eigenvalue weighted by atomic mass is 10.0. The molecular formula is C31H35N3O5. The van der Waals surface area contributed by atoms with Crippen LogP contribution in [0.25, 0.3) is 0 Å². The van der Waals surface area contributed by atoms with E-state index in [0.717, 1.165) is 22.3 Å². The summed E-state index contributed by atoms with van der Waals surface area (Å²) < 4.78 is 5.58. The Kier molecular flexibility index (Phi) is 8.33. The van der Waals surface area contributed by atoms with Gasteiger partial charge in [-0.1, -0.05) is 30.3 Å². The highest BCUT2D eigenvalue weighted by atomic mass is 16.5. The largest absolute Gasteiger partial charge is 0.478 e. The minimum absolute atomic E-state index is 0.174. The molecule has 1 fully saturated rings. The molecule has 39 heavy (non-hydrogen) atoms. The van der Waals surface area contributed by atoms with E-state index in [1.165, 1.54) is 24.3 Å². The molecule has 8 nitrogen and oxygen atoms in total. The second kappa shape index (κ2) is 11.7. The fraction of sp³-hybridized carbons (Fsp3) is 0.355. The minimum atomic E-state index is -1.32. The van der Waals surface area contributed by atoms with Gasteiger partial charge in [0.2, 0.25) is 0 Å². The van der Waals surface area contributed by atoms with Gasteiger partial charge in [-0.05, 0) is 99.0 Å². The number of hydrogen-bond acceptors (Lipinski definition) is 5. The molecule has 1 atom stereocenters. The smallest absolute Gasteiger partial charge is 0.347 e. The van der Waals surface area contributed by atoms with Crippen molar-refractivity contribution in [3.8, 4) is 5.75 Å². The molecule has 0 radical (unpaired) electrons. The third-order valence-electron chi connectivity index (χ3n) is 7.17. The molecule has 0 saturated carbocycles. The van der Waals surface area contributed by atoms with Crippen LogP contribution in [0.5, 0.6) is 5.75 Å². The number of aryl methyl sites for hydroxylation is 3. The third-order valence-corrected chi connectivity index (χ3v) is 7.17. The number of carbonyl (C=O) groups is 3. The first-order valence-corrected chi connectivity index (χ1v) is 13.1. The first kappa shape index (κ1) is 27.8. The van der Waals surface area contributed by atoms with Gasteiger partial charge in [-0.15, -0.1) is 0 Å². The second-order valence-electron chi connectivity index (χ2n) is 10.6. The lowest BCUT2D eigenvalue weighted by Gasteiger charge is -2.22. The first-order valence-electron chi connectivity index (χ1n) is 13.1.